The van der Waals surface area contributed by atoms with Crippen LogP contribution in [-0.4, -0.2) is 31.7 Å². The summed E-state index contributed by atoms with van der Waals surface area (Å²) in [4.78, 5) is -0.118. The first kappa shape index (κ1) is 20.3. The van der Waals surface area contributed by atoms with E-state index in [1.54, 1.807) is 0 Å². The molecule has 25 heavy (non-hydrogen) atoms. The SMILES string of the molecule is CN(C1CCC(C=CCCl)CC1)S(=O)(=O)c1ccc(C(F)(F)F)cc1. The van der Waals surface area contributed by atoms with Crippen LogP contribution in [0.1, 0.15) is 31.2 Å². The van der Waals surface area contributed by atoms with Crippen molar-refractivity contribution >= 4 is 21.6 Å². The van der Waals surface area contributed by atoms with Crippen LogP contribution < -0.4 is 0 Å². The number of alkyl halides is 4. The minimum absolute atomic E-state index is 0.118. The van der Waals surface area contributed by atoms with E-state index in [9.17, 15) is 21.6 Å². The molecule has 0 saturated heterocycles. The Morgan fingerprint density at radius 1 is 1.16 bits per heavy atom. The molecule has 1 saturated carbocycles. The molecule has 1 aliphatic carbocycles. The lowest BCUT2D eigenvalue weighted by Gasteiger charge is -2.33. The number of halogens is 4. The van der Waals surface area contributed by atoms with Gasteiger partial charge in [-0.1, -0.05) is 12.2 Å². The van der Waals surface area contributed by atoms with Crippen LogP contribution in [0.15, 0.2) is 41.3 Å². The van der Waals surface area contributed by atoms with Gasteiger partial charge in [-0.3, -0.25) is 0 Å². The van der Waals surface area contributed by atoms with Gasteiger partial charge in [-0.15, -0.1) is 11.6 Å². The van der Waals surface area contributed by atoms with Crippen LogP contribution >= 0.6 is 11.6 Å². The first-order chi connectivity index (χ1) is 11.7. The van der Waals surface area contributed by atoms with E-state index in [0.717, 1.165) is 37.1 Å². The molecule has 0 amide bonds. The largest absolute Gasteiger partial charge is 0.416 e. The number of sulfonamides is 1. The van der Waals surface area contributed by atoms with Gasteiger partial charge < -0.3 is 0 Å². The highest BCUT2D eigenvalue weighted by Gasteiger charge is 2.33. The maximum absolute atomic E-state index is 12.7. The molecule has 0 unspecified atom stereocenters. The van der Waals surface area contributed by atoms with Gasteiger partial charge in [0.2, 0.25) is 10.0 Å². The third-order valence-electron chi connectivity index (χ3n) is 4.61. The molecule has 0 heterocycles. The molecule has 1 aromatic carbocycles. The van der Waals surface area contributed by atoms with Gasteiger partial charge in [0, 0.05) is 19.0 Å². The number of benzene rings is 1. The van der Waals surface area contributed by atoms with Gasteiger partial charge in [0.25, 0.3) is 0 Å². The fourth-order valence-electron chi connectivity index (χ4n) is 3.08. The highest BCUT2D eigenvalue weighted by molar-refractivity contribution is 7.89. The van der Waals surface area contributed by atoms with Crippen molar-refractivity contribution in [2.75, 3.05) is 12.9 Å². The number of hydrogen-bond donors (Lipinski definition) is 0. The molecule has 0 bridgehead atoms. The minimum atomic E-state index is -4.48. The molecule has 8 heteroatoms. The van der Waals surface area contributed by atoms with E-state index >= 15 is 0 Å². The van der Waals surface area contributed by atoms with E-state index in [2.05, 4.69) is 6.08 Å². The first-order valence-electron chi connectivity index (χ1n) is 8.04. The van der Waals surface area contributed by atoms with Crippen molar-refractivity contribution in [1.29, 1.82) is 0 Å². The Morgan fingerprint density at radius 3 is 2.20 bits per heavy atom. The fraction of sp³-hybridized carbons (Fsp3) is 0.529. The number of hydrogen-bond acceptors (Lipinski definition) is 2. The Morgan fingerprint density at radius 2 is 1.72 bits per heavy atom. The summed E-state index contributed by atoms with van der Waals surface area (Å²) in [5.74, 6) is 0.861. The van der Waals surface area contributed by atoms with Crippen molar-refractivity contribution in [3.05, 3.63) is 42.0 Å². The number of rotatable bonds is 5. The molecule has 1 fully saturated rings. The first-order valence-corrected chi connectivity index (χ1v) is 10.0. The summed E-state index contributed by atoms with van der Waals surface area (Å²) in [7, 11) is -2.32. The smallest absolute Gasteiger partial charge is 0.207 e. The number of nitrogens with zero attached hydrogens (tertiary/aromatic N) is 1. The molecule has 0 N–H and O–H groups in total. The van der Waals surface area contributed by atoms with Crippen LogP contribution in [0, 0.1) is 5.92 Å². The van der Waals surface area contributed by atoms with Crippen molar-refractivity contribution in [2.45, 2.75) is 42.8 Å². The second-order valence-electron chi connectivity index (χ2n) is 6.19. The molecule has 0 spiro atoms. The van der Waals surface area contributed by atoms with Gasteiger partial charge in [0.1, 0.15) is 0 Å². The van der Waals surface area contributed by atoms with E-state index in [-0.39, 0.29) is 10.9 Å². The summed E-state index contributed by atoms with van der Waals surface area (Å²) in [5, 5.41) is 0. The minimum Gasteiger partial charge on any atom is -0.207 e. The van der Waals surface area contributed by atoms with Crippen LogP contribution in [0.5, 0.6) is 0 Å². The fourth-order valence-corrected chi connectivity index (χ4v) is 4.60. The molecular weight excluding hydrogens is 375 g/mol. The molecule has 2 rings (SSSR count). The third kappa shape index (κ3) is 4.99. The standard InChI is InChI=1S/C17H21ClF3NO2S/c1-22(15-8-4-13(5-9-15)3-2-12-18)25(23,24)16-10-6-14(7-11-16)17(19,20)21/h2-3,6-7,10-11,13,15H,4-5,8-9,12H2,1H3. The molecule has 0 aromatic heterocycles. The van der Waals surface area contributed by atoms with Crippen molar-refractivity contribution in [3.63, 3.8) is 0 Å². The molecule has 140 valence electrons. The quantitative estimate of drug-likeness (QED) is 0.536. The summed E-state index contributed by atoms with van der Waals surface area (Å²) in [6.07, 6.45) is 2.64. The molecule has 1 aliphatic rings. The van der Waals surface area contributed by atoms with Crippen molar-refractivity contribution < 1.29 is 21.6 Å². The van der Waals surface area contributed by atoms with Crippen molar-refractivity contribution in [2.24, 2.45) is 5.92 Å². The van der Waals surface area contributed by atoms with E-state index < -0.39 is 21.8 Å². The third-order valence-corrected chi connectivity index (χ3v) is 6.71. The van der Waals surface area contributed by atoms with E-state index in [4.69, 9.17) is 11.6 Å². The predicted octanol–water partition coefficient (Wildman–Crippen LogP) is 4.68. The average Bonchev–Trinajstić information content (AvgIpc) is 2.59. The zero-order valence-electron chi connectivity index (χ0n) is 13.8. The highest BCUT2D eigenvalue weighted by atomic mass is 35.5. The van der Waals surface area contributed by atoms with Crippen LogP contribution in [0.2, 0.25) is 0 Å². The van der Waals surface area contributed by atoms with Gasteiger partial charge >= 0.3 is 6.18 Å². The summed E-state index contributed by atoms with van der Waals surface area (Å²) >= 11 is 5.62. The highest BCUT2D eigenvalue weighted by Crippen LogP contribution is 2.32. The Labute approximate surface area is 151 Å². The van der Waals surface area contributed by atoms with E-state index in [0.29, 0.717) is 24.6 Å². The lowest BCUT2D eigenvalue weighted by Crippen LogP contribution is -2.39. The topological polar surface area (TPSA) is 37.4 Å². The monoisotopic (exact) mass is 395 g/mol. The van der Waals surface area contributed by atoms with Crippen molar-refractivity contribution in [1.82, 2.24) is 4.31 Å². The van der Waals surface area contributed by atoms with Gasteiger partial charge in [-0.25, -0.2) is 8.42 Å². The van der Waals surface area contributed by atoms with Crippen LogP contribution in [-0.2, 0) is 16.2 Å². The Kier molecular flexibility index (Phi) is 6.56. The molecule has 0 radical (unpaired) electrons. The molecule has 0 aliphatic heterocycles. The van der Waals surface area contributed by atoms with E-state index in [1.165, 1.54) is 11.4 Å². The van der Waals surface area contributed by atoms with Gasteiger partial charge in [0.15, 0.2) is 0 Å². The molecular formula is C17H21ClF3NO2S. The van der Waals surface area contributed by atoms with Crippen LogP contribution in [0.3, 0.4) is 0 Å². The zero-order chi connectivity index (χ0) is 18.7. The summed E-state index contributed by atoms with van der Waals surface area (Å²) in [5.41, 5.74) is -0.860. The maximum Gasteiger partial charge on any atom is 0.416 e. The number of allylic oxidation sites excluding steroid dienone is 2. The summed E-state index contributed by atoms with van der Waals surface area (Å²) < 4.78 is 64.5. The van der Waals surface area contributed by atoms with Gasteiger partial charge in [0.05, 0.1) is 10.5 Å². The molecule has 0 atom stereocenters. The van der Waals surface area contributed by atoms with Gasteiger partial charge in [-0.2, -0.15) is 17.5 Å². The van der Waals surface area contributed by atoms with Crippen molar-refractivity contribution in [3.8, 4) is 0 Å². The van der Waals surface area contributed by atoms with Crippen LogP contribution in [0.4, 0.5) is 13.2 Å². The average molecular weight is 396 g/mol. The second-order valence-corrected chi connectivity index (χ2v) is 8.50. The maximum atomic E-state index is 12.7. The lowest BCUT2D eigenvalue weighted by atomic mass is 9.86. The second kappa shape index (κ2) is 8.10. The normalized spacial score (nSPS) is 22.6. The lowest BCUT2D eigenvalue weighted by molar-refractivity contribution is -0.137. The zero-order valence-corrected chi connectivity index (χ0v) is 15.4. The molecule has 1 aromatic rings. The van der Waals surface area contributed by atoms with Crippen LogP contribution in [0.25, 0.3) is 0 Å². The Bertz CT molecular complexity index is 694. The Hall–Kier alpha value is -1.05. The summed E-state index contributed by atoms with van der Waals surface area (Å²) in [6.45, 7) is 0. The summed E-state index contributed by atoms with van der Waals surface area (Å²) in [6, 6.07) is 3.49. The Balaban J connectivity index is 2.08. The van der Waals surface area contributed by atoms with Gasteiger partial charge in [-0.05, 0) is 55.9 Å². The predicted molar refractivity (Wildman–Crippen MR) is 92.0 cm³/mol. The van der Waals surface area contributed by atoms with E-state index in [1.807, 2.05) is 6.08 Å². The molecule has 3 nitrogen and oxygen atoms in total.